The molecule has 0 amide bonds. The third-order valence-electron chi connectivity index (χ3n) is 3.18. The molecule has 5 heteroatoms. The van der Waals surface area contributed by atoms with E-state index >= 15 is 0 Å². The topological polar surface area (TPSA) is 70.3 Å². The Morgan fingerprint density at radius 2 is 1.89 bits per heavy atom. The minimum atomic E-state index is -0.185. The monoisotopic (exact) mass is 251 g/mol. The van der Waals surface area contributed by atoms with Crippen molar-refractivity contribution in [2.75, 3.05) is 13.2 Å². The van der Waals surface area contributed by atoms with Crippen molar-refractivity contribution in [1.29, 1.82) is 0 Å². The molecule has 0 spiro atoms. The number of nitrogens with two attached hydrogens (primary N) is 1. The Labute approximate surface area is 108 Å². The number of hydrogen-bond acceptors (Lipinski definition) is 5. The van der Waals surface area contributed by atoms with Crippen molar-refractivity contribution in [3.63, 3.8) is 0 Å². The summed E-state index contributed by atoms with van der Waals surface area (Å²) in [6.07, 6.45) is 6.84. The minimum absolute atomic E-state index is 0.185. The second kappa shape index (κ2) is 6.00. The zero-order chi connectivity index (χ0) is 12.8. The second-order valence-corrected chi connectivity index (χ2v) is 4.90. The van der Waals surface area contributed by atoms with Crippen LogP contribution in [0.25, 0.3) is 0 Å². The van der Waals surface area contributed by atoms with Gasteiger partial charge in [0.15, 0.2) is 0 Å². The fourth-order valence-electron chi connectivity index (χ4n) is 2.13. The molecule has 1 heterocycles. The summed E-state index contributed by atoms with van der Waals surface area (Å²) in [5, 5.41) is 0. The molecule has 100 valence electrons. The van der Waals surface area contributed by atoms with Crippen molar-refractivity contribution < 1.29 is 9.47 Å². The molecule has 0 aliphatic heterocycles. The van der Waals surface area contributed by atoms with Crippen molar-refractivity contribution in [2.45, 2.75) is 44.6 Å². The summed E-state index contributed by atoms with van der Waals surface area (Å²) in [6, 6.07) is 1.72. The summed E-state index contributed by atoms with van der Waals surface area (Å²) in [5.41, 5.74) is 6.04. The first-order valence-electron chi connectivity index (χ1n) is 6.58. The number of aromatic nitrogens is 2. The van der Waals surface area contributed by atoms with Gasteiger partial charge >= 0.3 is 0 Å². The van der Waals surface area contributed by atoms with Crippen LogP contribution in [0.15, 0.2) is 12.4 Å². The maximum atomic E-state index is 6.23. The highest BCUT2D eigenvalue weighted by Crippen LogP contribution is 2.27. The van der Waals surface area contributed by atoms with E-state index in [4.69, 9.17) is 15.2 Å². The van der Waals surface area contributed by atoms with Crippen LogP contribution >= 0.6 is 0 Å². The van der Waals surface area contributed by atoms with Crippen LogP contribution < -0.4 is 15.2 Å². The molecule has 1 saturated carbocycles. The van der Waals surface area contributed by atoms with Crippen molar-refractivity contribution in [1.82, 2.24) is 9.97 Å². The van der Waals surface area contributed by atoms with Gasteiger partial charge in [0, 0.05) is 0 Å². The maximum Gasteiger partial charge on any atom is 0.220 e. The largest absolute Gasteiger partial charge is 0.478 e. The van der Waals surface area contributed by atoms with Gasteiger partial charge in [-0.15, -0.1) is 0 Å². The van der Waals surface area contributed by atoms with Gasteiger partial charge in [0.1, 0.15) is 12.9 Å². The molecular weight excluding hydrogens is 230 g/mol. The van der Waals surface area contributed by atoms with Crippen LogP contribution in [0.4, 0.5) is 0 Å². The van der Waals surface area contributed by atoms with E-state index in [2.05, 4.69) is 16.9 Å². The Kier molecular flexibility index (Phi) is 4.36. The van der Waals surface area contributed by atoms with E-state index in [9.17, 15) is 0 Å². The average Bonchev–Trinajstić information content (AvgIpc) is 2.82. The second-order valence-electron chi connectivity index (χ2n) is 4.90. The highest BCUT2D eigenvalue weighted by atomic mass is 16.5. The lowest BCUT2D eigenvalue weighted by Gasteiger charge is -2.23. The quantitative estimate of drug-likeness (QED) is 0.836. The van der Waals surface area contributed by atoms with Gasteiger partial charge in [-0.25, -0.2) is 9.97 Å². The number of ether oxygens (including phenoxy) is 2. The zero-order valence-electron chi connectivity index (χ0n) is 10.9. The van der Waals surface area contributed by atoms with Crippen molar-refractivity contribution in [3.8, 4) is 11.8 Å². The predicted octanol–water partition coefficient (Wildman–Crippen LogP) is 1.92. The first kappa shape index (κ1) is 13.1. The van der Waals surface area contributed by atoms with Crippen LogP contribution in [0.1, 0.15) is 39.0 Å². The molecule has 18 heavy (non-hydrogen) atoms. The zero-order valence-corrected chi connectivity index (χ0v) is 10.9. The summed E-state index contributed by atoms with van der Waals surface area (Å²) >= 11 is 0. The first-order chi connectivity index (χ1) is 8.72. The normalized spacial score (nSPS) is 17.7. The van der Waals surface area contributed by atoms with Gasteiger partial charge in [0.2, 0.25) is 11.8 Å². The summed E-state index contributed by atoms with van der Waals surface area (Å²) in [7, 11) is 0. The van der Waals surface area contributed by atoms with Crippen LogP contribution in [0.3, 0.4) is 0 Å². The van der Waals surface area contributed by atoms with Crippen molar-refractivity contribution in [2.24, 2.45) is 5.73 Å². The highest BCUT2D eigenvalue weighted by molar-refractivity contribution is 5.18. The fourth-order valence-corrected chi connectivity index (χ4v) is 2.13. The lowest BCUT2D eigenvalue weighted by molar-refractivity contribution is 0.211. The smallest absolute Gasteiger partial charge is 0.220 e. The minimum Gasteiger partial charge on any atom is -0.478 e. The molecule has 1 aliphatic rings. The van der Waals surface area contributed by atoms with Crippen LogP contribution in [0.5, 0.6) is 11.8 Å². The van der Waals surface area contributed by atoms with E-state index in [-0.39, 0.29) is 5.54 Å². The van der Waals surface area contributed by atoms with E-state index in [1.165, 1.54) is 19.2 Å². The molecule has 0 radical (unpaired) electrons. The molecule has 0 saturated heterocycles. The van der Waals surface area contributed by atoms with Gasteiger partial charge in [-0.2, -0.15) is 0 Å². The van der Waals surface area contributed by atoms with Gasteiger partial charge in [-0.1, -0.05) is 19.8 Å². The van der Waals surface area contributed by atoms with Gasteiger partial charge in [-0.05, 0) is 19.3 Å². The van der Waals surface area contributed by atoms with Crippen molar-refractivity contribution >= 4 is 0 Å². The van der Waals surface area contributed by atoms with Crippen LogP contribution in [-0.2, 0) is 0 Å². The molecule has 0 unspecified atom stereocenters. The molecular formula is C13H21N3O2. The number of nitrogens with zero attached hydrogens (tertiary/aromatic N) is 2. The summed E-state index contributed by atoms with van der Waals surface area (Å²) < 4.78 is 11.1. The SMILES string of the molecule is CCCOc1cc(OCC2(N)CCCC2)ncn1. The number of hydrogen-bond donors (Lipinski definition) is 1. The Morgan fingerprint density at radius 3 is 2.56 bits per heavy atom. The van der Waals surface area contributed by atoms with E-state index in [1.54, 1.807) is 6.07 Å². The fraction of sp³-hybridized carbons (Fsp3) is 0.692. The van der Waals surface area contributed by atoms with Gasteiger partial charge < -0.3 is 15.2 Å². The van der Waals surface area contributed by atoms with Gasteiger partial charge in [0.25, 0.3) is 0 Å². The van der Waals surface area contributed by atoms with Crippen LogP contribution in [0.2, 0.25) is 0 Å². The van der Waals surface area contributed by atoms with E-state index in [0.717, 1.165) is 19.3 Å². The molecule has 1 fully saturated rings. The van der Waals surface area contributed by atoms with Crippen molar-refractivity contribution in [3.05, 3.63) is 12.4 Å². The van der Waals surface area contributed by atoms with E-state index in [1.807, 2.05) is 0 Å². The molecule has 2 rings (SSSR count). The van der Waals surface area contributed by atoms with Crippen LogP contribution in [0, 0.1) is 0 Å². The number of rotatable bonds is 6. The summed E-state index contributed by atoms with van der Waals surface area (Å²) in [5.74, 6) is 1.09. The van der Waals surface area contributed by atoms with Gasteiger partial charge in [0.05, 0.1) is 18.2 Å². The molecule has 0 bridgehead atoms. The third kappa shape index (κ3) is 3.57. The Morgan fingerprint density at radius 1 is 1.22 bits per heavy atom. The maximum absolute atomic E-state index is 6.23. The summed E-state index contributed by atoms with van der Waals surface area (Å²) in [6.45, 7) is 3.21. The Hall–Kier alpha value is -1.36. The molecule has 0 aromatic carbocycles. The lowest BCUT2D eigenvalue weighted by atomic mass is 10.0. The van der Waals surface area contributed by atoms with Crippen LogP contribution in [-0.4, -0.2) is 28.7 Å². The van der Waals surface area contributed by atoms with Gasteiger partial charge in [-0.3, -0.25) is 0 Å². The van der Waals surface area contributed by atoms with E-state index in [0.29, 0.717) is 25.0 Å². The predicted molar refractivity (Wildman–Crippen MR) is 68.7 cm³/mol. The summed E-state index contributed by atoms with van der Waals surface area (Å²) in [4.78, 5) is 8.10. The lowest BCUT2D eigenvalue weighted by Crippen LogP contribution is -2.42. The molecule has 0 atom stereocenters. The Balaban J connectivity index is 1.88. The highest BCUT2D eigenvalue weighted by Gasteiger charge is 2.30. The molecule has 1 aliphatic carbocycles. The molecule has 1 aromatic rings. The first-order valence-corrected chi connectivity index (χ1v) is 6.58. The Bertz CT molecular complexity index is 378. The molecule has 5 nitrogen and oxygen atoms in total. The standard InChI is InChI=1S/C13H21N3O2/c1-2-7-17-11-8-12(16-10-15-11)18-9-13(14)5-3-4-6-13/h8,10H,2-7,9,14H2,1H3. The molecule has 2 N–H and O–H groups in total. The third-order valence-corrected chi connectivity index (χ3v) is 3.18. The van der Waals surface area contributed by atoms with E-state index < -0.39 is 0 Å². The average molecular weight is 251 g/mol. The molecule has 1 aromatic heterocycles.